The Kier molecular flexibility index (Phi) is 3.84. The summed E-state index contributed by atoms with van der Waals surface area (Å²) in [5, 5.41) is 18.2. The van der Waals surface area contributed by atoms with Gasteiger partial charge in [0.15, 0.2) is 5.78 Å². The van der Waals surface area contributed by atoms with Gasteiger partial charge in [0.1, 0.15) is 5.75 Å². The molecule has 1 atom stereocenters. The molecule has 4 heteroatoms. The highest BCUT2D eigenvalue weighted by atomic mass is 16.4. The van der Waals surface area contributed by atoms with Crippen LogP contribution in [0.3, 0.4) is 0 Å². The van der Waals surface area contributed by atoms with Crippen molar-refractivity contribution in [3.8, 4) is 5.75 Å². The third-order valence-corrected chi connectivity index (χ3v) is 3.15. The van der Waals surface area contributed by atoms with Crippen LogP contribution < -0.4 is 0 Å². The first-order valence-corrected chi connectivity index (χ1v) is 6.15. The normalized spacial score (nSPS) is 11.8. The molecule has 20 heavy (non-hydrogen) atoms. The maximum Gasteiger partial charge on any atom is 0.310 e. The molecule has 0 heterocycles. The van der Waals surface area contributed by atoms with E-state index in [1.54, 1.807) is 31.2 Å². The fraction of sp³-hybridized carbons (Fsp3) is 0.125. The van der Waals surface area contributed by atoms with Crippen molar-refractivity contribution in [1.29, 1.82) is 0 Å². The zero-order chi connectivity index (χ0) is 14.7. The van der Waals surface area contributed by atoms with Crippen LogP contribution in [0.5, 0.6) is 5.75 Å². The molecule has 0 radical (unpaired) electrons. The van der Waals surface area contributed by atoms with Gasteiger partial charge in [0.2, 0.25) is 0 Å². The van der Waals surface area contributed by atoms with Crippen molar-refractivity contribution < 1.29 is 19.8 Å². The van der Waals surface area contributed by atoms with Gasteiger partial charge in [0, 0.05) is 11.1 Å². The highest BCUT2D eigenvalue weighted by Crippen LogP contribution is 2.19. The number of carboxylic acid groups (broad SMARTS) is 1. The van der Waals surface area contributed by atoms with Crippen LogP contribution in [-0.2, 0) is 4.79 Å². The number of hydrogen-bond acceptors (Lipinski definition) is 3. The van der Waals surface area contributed by atoms with Crippen molar-refractivity contribution in [1.82, 2.24) is 0 Å². The van der Waals surface area contributed by atoms with Crippen LogP contribution in [-0.4, -0.2) is 22.0 Å². The quantitative estimate of drug-likeness (QED) is 0.838. The molecule has 0 spiro atoms. The lowest BCUT2D eigenvalue weighted by Crippen LogP contribution is -2.09. The van der Waals surface area contributed by atoms with E-state index in [-0.39, 0.29) is 11.5 Å². The molecule has 0 amide bonds. The second-order valence-corrected chi connectivity index (χ2v) is 4.56. The van der Waals surface area contributed by atoms with E-state index < -0.39 is 11.9 Å². The minimum absolute atomic E-state index is 0.0924. The Bertz CT molecular complexity index is 644. The summed E-state index contributed by atoms with van der Waals surface area (Å²) in [6.07, 6.45) is 0. The number of hydrogen-bond donors (Lipinski definition) is 2. The number of rotatable bonds is 4. The summed E-state index contributed by atoms with van der Waals surface area (Å²) in [7, 11) is 0. The fourth-order valence-corrected chi connectivity index (χ4v) is 1.87. The molecule has 4 nitrogen and oxygen atoms in total. The van der Waals surface area contributed by atoms with Crippen LogP contribution >= 0.6 is 0 Å². The van der Waals surface area contributed by atoms with E-state index in [4.69, 9.17) is 5.11 Å². The summed E-state index contributed by atoms with van der Waals surface area (Å²) in [6, 6.07) is 12.5. The number of carbonyl (C=O) groups is 2. The number of phenolic OH excluding ortho intramolecular Hbond substituents is 1. The van der Waals surface area contributed by atoms with E-state index in [2.05, 4.69) is 0 Å². The van der Waals surface area contributed by atoms with Gasteiger partial charge < -0.3 is 10.2 Å². The summed E-state index contributed by atoms with van der Waals surface area (Å²) in [6.45, 7) is 1.58. The van der Waals surface area contributed by atoms with Crippen LogP contribution in [0.4, 0.5) is 0 Å². The van der Waals surface area contributed by atoms with Crippen molar-refractivity contribution >= 4 is 11.8 Å². The Hall–Kier alpha value is -2.62. The molecule has 0 saturated heterocycles. The fourth-order valence-electron chi connectivity index (χ4n) is 1.87. The molecule has 0 aliphatic rings. The molecule has 2 aromatic carbocycles. The largest absolute Gasteiger partial charge is 0.508 e. The van der Waals surface area contributed by atoms with Gasteiger partial charge in [-0.05, 0) is 42.8 Å². The van der Waals surface area contributed by atoms with Gasteiger partial charge >= 0.3 is 5.97 Å². The number of phenols is 1. The predicted molar refractivity (Wildman–Crippen MR) is 74.0 cm³/mol. The van der Waals surface area contributed by atoms with Gasteiger partial charge in [-0.1, -0.05) is 18.2 Å². The van der Waals surface area contributed by atoms with Crippen LogP contribution in [0.1, 0.15) is 34.3 Å². The standard InChI is InChI=1S/C16H14O4/c1-10(16(19)20)12-3-2-4-13(9-12)15(18)11-5-7-14(17)8-6-11/h2-10,17H,1H3,(H,19,20). The third kappa shape index (κ3) is 2.85. The third-order valence-electron chi connectivity index (χ3n) is 3.15. The summed E-state index contributed by atoms with van der Waals surface area (Å²) >= 11 is 0. The SMILES string of the molecule is CC(C(=O)O)c1cccc(C(=O)c2ccc(O)cc2)c1. The zero-order valence-electron chi connectivity index (χ0n) is 10.9. The van der Waals surface area contributed by atoms with Gasteiger partial charge in [-0.3, -0.25) is 9.59 Å². The Morgan fingerprint density at radius 1 is 1.00 bits per heavy atom. The first kappa shape index (κ1) is 13.8. The van der Waals surface area contributed by atoms with E-state index in [1.165, 1.54) is 24.3 Å². The van der Waals surface area contributed by atoms with Crippen LogP contribution in [0.15, 0.2) is 48.5 Å². The number of carboxylic acids is 1. The smallest absolute Gasteiger partial charge is 0.310 e. The molecule has 0 fully saturated rings. The monoisotopic (exact) mass is 270 g/mol. The number of benzene rings is 2. The molecular formula is C16H14O4. The van der Waals surface area contributed by atoms with Gasteiger partial charge in [0.25, 0.3) is 0 Å². The maximum absolute atomic E-state index is 12.3. The Morgan fingerprint density at radius 3 is 2.25 bits per heavy atom. The summed E-state index contributed by atoms with van der Waals surface area (Å²) < 4.78 is 0. The molecule has 2 aromatic rings. The summed E-state index contributed by atoms with van der Waals surface area (Å²) in [4.78, 5) is 23.2. The van der Waals surface area contributed by atoms with Crippen LogP contribution in [0, 0.1) is 0 Å². The van der Waals surface area contributed by atoms with Crippen molar-refractivity contribution in [2.45, 2.75) is 12.8 Å². The molecule has 0 saturated carbocycles. The van der Waals surface area contributed by atoms with E-state index in [9.17, 15) is 14.7 Å². The van der Waals surface area contributed by atoms with Gasteiger partial charge in [-0.2, -0.15) is 0 Å². The first-order valence-electron chi connectivity index (χ1n) is 6.15. The summed E-state index contributed by atoms with van der Waals surface area (Å²) in [5.74, 6) is -1.71. The number of aliphatic carboxylic acids is 1. The van der Waals surface area contributed by atoms with Crippen molar-refractivity contribution in [3.05, 3.63) is 65.2 Å². The molecule has 0 bridgehead atoms. The van der Waals surface area contributed by atoms with Gasteiger partial charge in [0.05, 0.1) is 5.92 Å². The first-order chi connectivity index (χ1) is 9.49. The van der Waals surface area contributed by atoms with Crippen molar-refractivity contribution in [2.24, 2.45) is 0 Å². The lowest BCUT2D eigenvalue weighted by molar-refractivity contribution is -0.138. The second-order valence-electron chi connectivity index (χ2n) is 4.56. The van der Waals surface area contributed by atoms with E-state index in [0.717, 1.165) is 0 Å². The topological polar surface area (TPSA) is 74.6 Å². The minimum Gasteiger partial charge on any atom is -0.508 e. The molecule has 1 unspecified atom stereocenters. The van der Waals surface area contributed by atoms with Crippen molar-refractivity contribution in [2.75, 3.05) is 0 Å². The van der Waals surface area contributed by atoms with Gasteiger partial charge in [-0.15, -0.1) is 0 Å². The lowest BCUT2D eigenvalue weighted by atomic mass is 9.96. The molecule has 102 valence electrons. The highest BCUT2D eigenvalue weighted by molar-refractivity contribution is 6.09. The average Bonchev–Trinajstić information content (AvgIpc) is 2.46. The maximum atomic E-state index is 12.3. The average molecular weight is 270 g/mol. The Morgan fingerprint density at radius 2 is 1.65 bits per heavy atom. The molecule has 2 N–H and O–H groups in total. The number of aromatic hydroxyl groups is 1. The minimum atomic E-state index is -0.931. The molecular weight excluding hydrogens is 256 g/mol. The lowest BCUT2D eigenvalue weighted by Gasteiger charge is -2.08. The Labute approximate surface area is 116 Å². The van der Waals surface area contributed by atoms with Crippen LogP contribution in [0.25, 0.3) is 0 Å². The number of ketones is 1. The molecule has 2 rings (SSSR count). The predicted octanol–water partition coefficient (Wildman–Crippen LogP) is 2.81. The van der Waals surface area contributed by atoms with Crippen molar-refractivity contribution in [3.63, 3.8) is 0 Å². The number of carbonyl (C=O) groups excluding carboxylic acids is 1. The van der Waals surface area contributed by atoms with E-state index in [1.807, 2.05) is 0 Å². The summed E-state index contributed by atoms with van der Waals surface area (Å²) in [5.41, 5.74) is 1.46. The molecule has 0 aliphatic carbocycles. The second kappa shape index (κ2) is 5.57. The molecule has 0 aromatic heterocycles. The molecule has 0 aliphatic heterocycles. The van der Waals surface area contributed by atoms with E-state index in [0.29, 0.717) is 16.7 Å². The van der Waals surface area contributed by atoms with E-state index >= 15 is 0 Å². The van der Waals surface area contributed by atoms with Gasteiger partial charge in [-0.25, -0.2) is 0 Å². The zero-order valence-corrected chi connectivity index (χ0v) is 10.9. The Balaban J connectivity index is 2.33. The van der Waals surface area contributed by atoms with Crippen LogP contribution in [0.2, 0.25) is 0 Å². The highest BCUT2D eigenvalue weighted by Gasteiger charge is 2.16.